The Balaban J connectivity index is 2.51. The van der Waals surface area contributed by atoms with Crippen LogP contribution in [0.1, 0.15) is 21.5 Å². The maximum atomic E-state index is 12.4. The summed E-state index contributed by atoms with van der Waals surface area (Å²) < 4.78 is 0.903. The van der Waals surface area contributed by atoms with E-state index in [1.54, 1.807) is 24.3 Å². The SMILES string of the molecule is Cc1c(Br)cccc1C(=O)c1ccc(N)cc1Cl. The summed E-state index contributed by atoms with van der Waals surface area (Å²) in [6.45, 7) is 1.89. The Morgan fingerprint density at radius 2 is 1.94 bits per heavy atom. The minimum absolute atomic E-state index is 0.0983. The van der Waals surface area contributed by atoms with E-state index in [1.165, 1.54) is 0 Å². The third-order valence-corrected chi connectivity index (χ3v) is 3.92. The molecule has 2 aromatic rings. The molecule has 0 aliphatic carbocycles. The molecule has 0 spiro atoms. The first-order valence-corrected chi connectivity index (χ1v) is 6.52. The second-order valence-corrected chi connectivity index (χ2v) is 5.24. The van der Waals surface area contributed by atoms with Crippen molar-refractivity contribution in [1.82, 2.24) is 0 Å². The predicted octanol–water partition coefficient (Wildman–Crippen LogP) is 4.22. The molecule has 92 valence electrons. The van der Waals surface area contributed by atoms with Gasteiger partial charge in [0.25, 0.3) is 0 Å². The molecular formula is C14H11BrClNO. The third kappa shape index (κ3) is 2.42. The van der Waals surface area contributed by atoms with Crippen LogP contribution in [0.5, 0.6) is 0 Å². The van der Waals surface area contributed by atoms with E-state index in [2.05, 4.69) is 15.9 Å². The predicted molar refractivity (Wildman–Crippen MR) is 78.2 cm³/mol. The number of carbonyl (C=O) groups excluding carboxylic acids is 1. The number of hydrogen-bond acceptors (Lipinski definition) is 2. The number of nitrogen functional groups attached to an aromatic ring is 1. The van der Waals surface area contributed by atoms with E-state index in [0.717, 1.165) is 10.0 Å². The first-order chi connectivity index (χ1) is 8.50. The van der Waals surface area contributed by atoms with Crippen LogP contribution in [0.4, 0.5) is 5.69 Å². The summed E-state index contributed by atoms with van der Waals surface area (Å²) in [5.41, 5.74) is 8.16. The van der Waals surface area contributed by atoms with Crippen LogP contribution < -0.4 is 5.73 Å². The smallest absolute Gasteiger partial charge is 0.194 e. The largest absolute Gasteiger partial charge is 0.399 e. The van der Waals surface area contributed by atoms with Crippen LogP contribution in [0.3, 0.4) is 0 Å². The third-order valence-electron chi connectivity index (χ3n) is 2.75. The van der Waals surface area contributed by atoms with Crippen LogP contribution in [0, 0.1) is 6.92 Å². The molecule has 0 unspecified atom stereocenters. The molecule has 2 N–H and O–H groups in total. The van der Waals surface area contributed by atoms with Crippen LogP contribution >= 0.6 is 27.5 Å². The van der Waals surface area contributed by atoms with Gasteiger partial charge in [-0.15, -0.1) is 0 Å². The van der Waals surface area contributed by atoms with E-state index in [-0.39, 0.29) is 5.78 Å². The molecule has 0 atom stereocenters. The standard InChI is InChI=1S/C14H11BrClNO/c1-8-10(3-2-4-12(8)15)14(18)11-6-5-9(17)7-13(11)16/h2-7H,17H2,1H3. The molecule has 0 radical (unpaired) electrons. The quantitative estimate of drug-likeness (QED) is 0.664. The van der Waals surface area contributed by atoms with Crippen molar-refractivity contribution >= 4 is 39.0 Å². The van der Waals surface area contributed by atoms with Gasteiger partial charge in [0, 0.05) is 21.3 Å². The summed E-state index contributed by atoms with van der Waals surface area (Å²) in [5, 5.41) is 0.374. The van der Waals surface area contributed by atoms with Crippen molar-refractivity contribution in [3.05, 3.63) is 62.6 Å². The van der Waals surface area contributed by atoms with Gasteiger partial charge in [0.05, 0.1) is 5.02 Å². The van der Waals surface area contributed by atoms with E-state index in [4.69, 9.17) is 17.3 Å². The highest BCUT2D eigenvalue weighted by Gasteiger charge is 2.15. The first-order valence-electron chi connectivity index (χ1n) is 5.35. The lowest BCUT2D eigenvalue weighted by atomic mass is 9.99. The second kappa shape index (κ2) is 5.12. The molecule has 4 heteroatoms. The van der Waals surface area contributed by atoms with Crippen LogP contribution in [-0.2, 0) is 0 Å². The van der Waals surface area contributed by atoms with Crippen molar-refractivity contribution in [1.29, 1.82) is 0 Å². The fourth-order valence-electron chi connectivity index (χ4n) is 1.71. The highest BCUT2D eigenvalue weighted by molar-refractivity contribution is 9.10. The highest BCUT2D eigenvalue weighted by Crippen LogP contribution is 2.26. The molecule has 0 aliphatic heterocycles. The number of anilines is 1. The lowest BCUT2D eigenvalue weighted by Crippen LogP contribution is -2.05. The summed E-state index contributed by atoms with van der Waals surface area (Å²) in [6.07, 6.45) is 0. The Kier molecular flexibility index (Phi) is 3.73. The maximum absolute atomic E-state index is 12.4. The number of halogens is 2. The van der Waals surface area contributed by atoms with Gasteiger partial charge in [-0.25, -0.2) is 0 Å². The van der Waals surface area contributed by atoms with Crippen molar-refractivity contribution in [2.24, 2.45) is 0 Å². The summed E-state index contributed by atoms with van der Waals surface area (Å²) in [4.78, 5) is 12.4. The Bertz CT molecular complexity index is 625. The number of carbonyl (C=O) groups is 1. The average molecular weight is 325 g/mol. The number of nitrogens with two attached hydrogens (primary N) is 1. The van der Waals surface area contributed by atoms with Crippen LogP contribution in [-0.4, -0.2) is 5.78 Å². The lowest BCUT2D eigenvalue weighted by molar-refractivity contribution is 0.103. The van der Waals surface area contributed by atoms with Crippen molar-refractivity contribution < 1.29 is 4.79 Å². The molecule has 0 saturated heterocycles. The van der Waals surface area contributed by atoms with Crippen LogP contribution in [0.2, 0.25) is 5.02 Å². The van der Waals surface area contributed by atoms with Gasteiger partial charge in [-0.1, -0.05) is 39.7 Å². The van der Waals surface area contributed by atoms with Crippen LogP contribution in [0.15, 0.2) is 40.9 Å². The molecule has 18 heavy (non-hydrogen) atoms. The number of hydrogen-bond donors (Lipinski definition) is 1. The van der Waals surface area contributed by atoms with Gasteiger partial charge < -0.3 is 5.73 Å². The normalized spacial score (nSPS) is 10.4. The molecule has 0 saturated carbocycles. The van der Waals surface area contributed by atoms with Gasteiger partial charge in [-0.3, -0.25) is 4.79 Å². The van der Waals surface area contributed by atoms with Gasteiger partial charge >= 0.3 is 0 Å². The molecule has 2 nitrogen and oxygen atoms in total. The van der Waals surface area contributed by atoms with Gasteiger partial charge in [-0.2, -0.15) is 0 Å². The van der Waals surface area contributed by atoms with E-state index in [1.807, 2.05) is 19.1 Å². The fraction of sp³-hybridized carbons (Fsp3) is 0.0714. The van der Waals surface area contributed by atoms with E-state index in [9.17, 15) is 4.79 Å². The summed E-state index contributed by atoms with van der Waals surface area (Å²) in [6, 6.07) is 10.4. The van der Waals surface area contributed by atoms with E-state index >= 15 is 0 Å². The maximum Gasteiger partial charge on any atom is 0.194 e. The zero-order valence-electron chi connectivity index (χ0n) is 9.71. The topological polar surface area (TPSA) is 43.1 Å². The van der Waals surface area contributed by atoms with E-state index in [0.29, 0.717) is 21.8 Å². The molecule has 0 bridgehead atoms. The molecule has 0 aromatic heterocycles. The summed E-state index contributed by atoms with van der Waals surface area (Å²) in [7, 11) is 0. The van der Waals surface area contributed by atoms with Gasteiger partial charge in [0.1, 0.15) is 0 Å². The number of ketones is 1. The Morgan fingerprint density at radius 3 is 2.61 bits per heavy atom. The molecular weight excluding hydrogens is 314 g/mol. The van der Waals surface area contributed by atoms with Crippen molar-refractivity contribution in [3.8, 4) is 0 Å². The van der Waals surface area contributed by atoms with Gasteiger partial charge in [0.2, 0.25) is 0 Å². The molecule has 2 rings (SSSR count). The van der Waals surface area contributed by atoms with Crippen molar-refractivity contribution in [2.75, 3.05) is 5.73 Å². The zero-order valence-corrected chi connectivity index (χ0v) is 12.0. The monoisotopic (exact) mass is 323 g/mol. The first kappa shape index (κ1) is 13.1. The molecule has 0 heterocycles. The Hall–Kier alpha value is -1.32. The lowest BCUT2D eigenvalue weighted by Gasteiger charge is -2.08. The minimum Gasteiger partial charge on any atom is -0.399 e. The van der Waals surface area contributed by atoms with Crippen LogP contribution in [0.25, 0.3) is 0 Å². The molecule has 0 aliphatic rings. The zero-order chi connectivity index (χ0) is 13.3. The minimum atomic E-state index is -0.0983. The molecule has 0 amide bonds. The van der Waals surface area contributed by atoms with Crippen molar-refractivity contribution in [3.63, 3.8) is 0 Å². The average Bonchev–Trinajstić information content (AvgIpc) is 2.32. The fourth-order valence-corrected chi connectivity index (χ4v) is 2.36. The number of benzene rings is 2. The molecule has 2 aromatic carbocycles. The summed E-state index contributed by atoms with van der Waals surface area (Å²) >= 11 is 9.47. The summed E-state index contributed by atoms with van der Waals surface area (Å²) in [5.74, 6) is -0.0983. The second-order valence-electron chi connectivity index (χ2n) is 3.98. The number of rotatable bonds is 2. The van der Waals surface area contributed by atoms with Gasteiger partial charge in [-0.05, 0) is 36.8 Å². The molecule has 0 fully saturated rings. The van der Waals surface area contributed by atoms with Gasteiger partial charge in [0.15, 0.2) is 5.78 Å². The van der Waals surface area contributed by atoms with Crippen molar-refractivity contribution in [2.45, 2.75) is 6.92 Å². The van der Waals surface area contributed by atoms with E-state index < -0.39 is 0 Å². The Morgan fingerprint density at radius 1 is 1.22 bits per heavy atom. The Labute approximate surface area is 119 Å². The highest BCUT2D eigenvalue weighted by atomic mass is 79.9.